The number of fused-ring (bicyclic) bond motifs is 4. The van der Waals surface area contributed by atoms with E-state index < -0.39 is 5.92 Å². The van der Waals surface area contributed by atoms with Crippen molar-refractivity contribution in [3.8, 4) is 0 Å². The van der Waals surface area contributed by atoms with Crippen LogP contribution in [-0.2, 0) is 17.9 Å². The van der Waals surface area contributed by atoms with Gasteiger partial charge in [0.15, 0.2) is 0 Å². The molecular formula is C31H33N3O3. The number of amides is 1. The molecule has 0 radical (unpaired) electrons. The highest BCUT2D eigenvalue weighted by atomic mass is 16.3. The van der Waals surface area contributed by atoms with Crippen molar-refractivity contribution >= 4 is 18.1 Å². The summed E-state index contributed by atoms with van der Waals surface area (Å²) in [5, 5.41) is 13.6. The smallest absolute Gasteiger partial charge is 0.258 e. The van der Waals surface area contributed by atoms with Crippen molar-refractivity contribution < 1.29 is 9.90 Å². The van der Waals surface area contributed by atoms with E-state index in [-0.39, 0.29) is 36.1 Å². The lowest BCUT2D eigenvalue weighted by atomic mass is 9.86. The van der Waals surface area contributed by atoms with Crippen molar-refractivity contribution in [3.63, 3.8) is 0 Å². The number of benzene rings is 2. The number of hydrogen-bond donors (Lipinski definition) is 2. The van der Waals surface area contributed by atoms with E-state index in [2.05, 4.69) is 10.2 Å². The number of hydrogen-bond acceptors (Lipinski definition) is 4. The molecule has 1 saturated carbocycles. The normalized spacial score (nSPS) is 24.8. The van der Waals surface area contributed by atoms with Crippen molar-refractivity contribution in [1.82, 2.24) is 14.8 Å². The molecular weight excluding hydrogens is 462 g/mol. The molecule has 37 heavy (non-hydrogen) atoms. The highest BCUT2D eigenvalue weighted by Gasteiger charge is 2.56. The molecule has 2 aromatic carbocycles. The number of nitrogens with zero attached hydrogens (tertiary/aromatic N) is 2. The zero-order chi connectivity index (χ0) is 25.4. The van der Waals surface area contributed by atoms with E-state index >= 15 is 0 Å². The molecule has 6 rings (SSSR count). The van der Waals surface area contributed by atoms with Gasteiger partial charge in [0, 0.05) is 49.5 Å². The lowest BCUT2D eigenvalue weighted by molar-refractivity contribution is -0.127. The van der Waals surface area contributed by atoms with E-state index in [1.807, 2.05) is 89.5 Å². The number of aromatic nitrogens is 1. The zero-order valence-electron chi connectivity index (χ0n) is 20.9. The average molecular weight is 496 g/mol. The van der Waals surface area contributed by atoms with Crippen LogP contribution in [0.3, 0.4) is 0 Å². The van der Waals surface area contributed by atoms with Crippen molar-refractivity contribution in [1.29, 1.82) is 0 Å². The predicted octanol–water partition coefficient (Wildman–Crippen LogP) is 3.71. The third kappa shape index (κ3) is 4.67. The first-order valence-corrected chi connectivity index (χ1v) is 13.3. The fourth-order valence-electron chi connectivity index (χ4n) is 6.17. The van der Waals surface area contributed by atoms with Gasteiger partial charge in [0.25, 0.3) is 5.56 Å². The Kier molecular flexibility index (Phi) is 6.53. The Balaban J connectivity index is 1.33. The van der Waals surface area contributed by atoms with Gasteiger partial charge in [-0.1, -0.05) is 66.7 Å². The van der Waals surface area contributed by atoms with E-state index in [1.165, 1.54) is 12.8 Å². The number of nitrogens with one attached hydrogen (secondary N) is 1. The summed E-state index contributed by atoms with van der Waals surface area (Å²) >= 11 is 0. The molecule has 2 N–H and O–H groups in total. The second-order valence-corrected chi connectivity index (χ2v) is 10.6. The van der Waals surface area contributed by atoms with Gasteiger partial charge in [-0.05, 0) is 48.1 Å². The minimum absolute atomic E-state index is 0.0345. The summed E-state index contributed by atoms with van der Waals surface area (Å²) in [5.74, 6) is -0.0366. The fraction of sp³-hybridized carbons (Fsp3) is 0.355. The molecule has 190 valence electrons. The monoisotopic (exact) mass is 495 g/mol. The Morgan fingerprint density at radius 1 is 0.973 bits per heavy atom. The van der Waals surface area contributed by atoms with Crippen LogP contribution in [0.5, 0.6) is 0 Å². The molecule has 1 saturated heterocycles. The number of pyridine rings is 1. The van der Waals surface area contributed by atoms with Crippen LogP contribution in [0.25, 0.3) is 12.2 Å². The van der Waals surface area contributed by atoms with Crippen LogP contribution in [0.1, 0.15) is 41.3 Å². The minimum Gasteiger partial charge on any atom is -0.396 e. The van der Waals surface area contributed by atoms with Crippen LogP contribution in [0.15, 0.2) is 77.6 Å². The quantitative estimate of drug-likeness (QED) is 0.500. The van der Waals surface area contributed by atoms with Gasteiger partial charge >= 0.3 is 0 Å². The lowest BCUT2D eigenvalue weighted by Gasteiger charge is -2.38. The Morgan fingerprint density at radius 3 is 2.41 bits per heavy atom. The second-order valence-electron chi connectivity index (χ2n) is 10.6. The lowest BCUT2D eigenvalue weighted by Crippen LogP contribution is -2.47. The highest BCUT2D eigenvalue weighted by molar-refractivity contribution is 5.80. The maximum Gasteiger partial charge on any atom is 0.258 e. The molecule has 3 heterocycles. The van der Waals surface area contributed by atoms with Crippen LogP contribution in [-0.4, -0.2) is 39.7 Å². The van der Waals surface area contributed by atoms with Crippen molar-refractivity contribution in [2.75, 3.05) is 13.2 Å². The van der Waals surface area contributed by atoms with Gasteiger partial charge in [-0.25, -0.2) is 0 Å². The van der Waals surface area contributed by atoms with Gasteiger partial charge in [0.1, 0.15) is 0 Å². The average Bonchev–Trinajstić information content (AvgIpc) is 3.72. The fourth-order valence-corrected chi connectivity index (χ4v) is 6.17. The topological polar surface area (TPSA) is 74.6 Å². The maximum atomic E-state index is 13.7. The number of carbonyl (C=O) groups is 1. The van der Waals surface area contributed by atoms with Crippen LogP contribution in [0.4, 0.5) is 0 Å². The van der Waals surface area contributed by atoms with Crippen LogP contribution in [0, 0.1) is 17.8 Å². The largest absolute Gasteiger partial charge is 0.396 e. The molecule has 3 aromatic rings. The molecule has 4 atom stereocenters. The molecule has 1 aliphatic carbocycles. The first-order valence-electron chi connectivity index (χ1n) is 13.3. The molecule has 3 aliphatic rings. The van der Waals surface area contributed by atoms with Gasteiger partial charge < -0.3 is 15.0 Å². The van der Waals surface area contributed by atoms with Gasteiger partial charge in [-0.15, -0.1) is 0 Å². The third-order valence-electron chi connectivity index (χ3n) is 8.23. The Morgan fingerprint density at radius 2 is 1.70 bits per heavy atom. The summed E-state index contributed by atoms with van der Waals surface area (Å²) < 4.78 is 1.86. The van der Waals surface area contributed by atoms with Gasteiger partial charge in [-0.3, -0.25) is 14.5 Å². The SMILES string of the molecule is O=C(NCc1ccccc1)[C@@H]1[C@@H](CO)[C@@H]2Cn3c(ccc(/C=C/c4ccccc4)c3=O)[C@H]1N2CC1CC1. The van der Waals surface area contributed by atoms with Gasteiger partial charge in [0.05, 0.1) is 12.0 Å². The standard InChI is InChI=1S/C31H33N3O3/c35-20-25-27-19-34-26(16-15-24(31(34)37)14-13-21-7-3-1-4-8-21)29(33(27)18-23-11-12-23)28(25)30(36)32-17-22-9-5-2-6-10-22/h1-10,13-16,23,25,27-29,35H,11-12,17-20H2,(H,32,36)/b14-13+/t25-,27-,28+,29+/m0/s1. The molecule has 6 heteroatoms. The summed E-state index contributed by atoms with van der Waals surface area (Å²) in [6, 6.07) is 23.5. The number of rotatable bonds is 8. The molecule has 1 aromatic heterocycles. The molecule has 2 fully saturated rings. The number of aliphatic hydroxyl groups excluding tert-OH is 1. The summed E-state index contributed by atoms with van der Waals surface area (Å²) in [4.78, 5) is 29.7. The van der Waals surface area contributed by atoms with Gasteiger partial charge in [0.2, 0.25) is 5.91 Å². The molecule has 2 aliphatic heterocycles. The molecule has 6 nitrogen and oxygen atoms in total. The van der Waals surface area contributed by atoms with E-state index in [4.69, 9.17) is 0 Å². The van der Waals surface area contributed by atoms with Crippen molar-refractivity contribution in [2.45, 2.75) is 38.0 Å². The third-order valence-corrected chi connectivity index (χ3v) is 8.23. The van der Waals surface area contributed by atoms with Crippen LogP contribution < -0.4 is 10.9 Å². The van der Waals surface area contributed by atoms with Gasteiger partial charge in [-0.2, -0.15) is 0 Å². The van der Waals surface area contributed by atoms with E-state index in [1.54, 1.807) is 0 Å². The molecule has 0 spiro atoms. The predicted molar refractivity (Wildman–Crippen MR) is 144 cm³/mol. The van der Waals surface area contributed by atoms with Crippen molar-refractivity contribution in [2.24, 2.45) is 17.8 Å². The van der Waals surface area contributed by atoms with E-state index in [0.717, 1.165) is 23.4 Å². The Bertz CT molecular complexity index is 1350. The Labute approximate surface area is 217 Å². The maximum absolute atomic E-state index is 13.7. The summed E-state index contributed by atoms with van der Waals surface area (Å²) in [7, 11) is 0. The second kappa shape index (κ2) is 10.1. The Hall–Kier alpha value is -3.48. The zero-order valence-corrected chi connectivity index (χ0v) is 20.9. The first-order chi connectivity index (χ1) is 18.1. The summed E-state index contributed by atoms with van der Waals surface area (Å²) in [6.07, 6.45) is 6.25. The van der Waals surface area contributed by atoms with Crippen molar-refractivity contribution in [3.05, 3.63) is 106 Å². The van der Waals surface area contributed by atoms with E-state index in [9.17, 15) is 14.7 Å². The number of aliphatic hydroxyl groups is 1. The van der Waals surface area contributed by atoms with Crippen LogP contribution >= 0.6 is 0 Å². The molecule has 2 bridgehead atoms. The first kappa shape index (κ1) is 23.9. The summed E-state index contributed by atoms with van der Waals surface area (Å²) in [5.41, 5.74) is 3.56. The van der Waals surface area contributed by atoms with Crippen LogP contribution in [0.2, 0.25) is 0 Å². The minimum atomic E-state index is -0.406. The molecule has 1 amide bonds. The molecule has 0 unspecified atom stereocenters. The highest BCUT2D eigenvalue weighted by Crippen LogP contribution is 2.50. The summed E-state index contributed by atoms with van der Waals surface area (Å²) in [6.45, 7) is 1.79. The van der Waals surface area contributed by atoms with E-state index in [0.29, 0.717) is 24.6 Å². The number of carbonyl (C=O) groups excluding carboxylic acids is 1.